The molecule has 1 saturated heterocycles. The van der Waals surface area contributed by atoms with Crippen LogP contribution in [-0.4, -0.2) is 90.2 Å². The molecular weight excluding hydrogens is 497 g/mol. The predicted molar refractivity (Wildman–Crippen MR) is 122 cm³/mol. The van der Waals surface area contributed by atoms with E-state index in [-0.39, 0.29) is 11.8 Å². The highest BCUT2D eigenvalue weighted by molar-refractivity contribution is 5.93. The maximum absolute atomic E-state index is 13.1. The first-order valence-electron chi connectivity index (χ1n) is 11.1. The lowest BCUT2D eigenvalue weighted by Crippen LogP contribution is -2.52. The Morgan fingerprint density at radius 2 is 1.78 bits per heavy atom. The van der Waals surface area contributed by atoms with Crippen molar-refractivity contribution in [1.82, 2.24) is 40.3 Å². The standard InChI is InChI=1S/C20H24N8O2.C2HF3O2/c1-26-14-17(24-25-26)18(19(29)21-11-15-5-3-2-4-6-15)27-7-9-28(10-8-27)20(30)16-12-22-23-13-16;3-2(4,5)1(6)7/h2-6,12-14,18H,7-11H2,1H3,(H,21,29)(H,22,23);(H,6,7). The third kappa shape index (κ3) is 7.60. The van der Waals surface area contributed by atoms with E-state index in [1.807, 2.05) is 35.2 Å². The molecule has 15 heteroatoms. The minimum Gasteiger partial charge on any atom is -0.475 e. The van der Waals surface area contributed by atoms with E-state index in [0.717, 1.165) is 5.56 Å². The molecule has 3 aromatic rings. The summed E-state index contributed by atoms with van der Waals surface area (Å²) in [6.07, 6.45) is -0.210. The van der Waals surface area contributed by atoms with Gasteiger partial charge in [-0.15, -0.1) is 5.10 Å². The van der Waals surface area contributed by atoms with Crippen LogP contribution in [0.3, 0.4) is 0 Å². The number of hydrogen-bond acceptors (Lipinski definition) is 7. The Morgan fingerprint density at radius 3 is 2.30 bits per heavy atom. The van der Waals surface area contributed by atoms with Gasteiger partial charge in [0.1, 0.15) is 11.7 Å². The van der Waals surface area contributed by atoms with Gasteiger partial charge in [-0.05, 0) is 5.56 Å². The fourth-order valence-electron chi connectivity index (χ4n) is 3.59. The van der Waals surface area contributed by atoms with Gasteiger partial charge in [0.15, 0.2) is 0 Å². The number of hydrogen-bond donors (Lipinski definition) is 3. The predicted octanol–water partition coefficient (Wildman–Crippen LogP) is 0.987. The van der Waals surface area contributed by atoms with Crippen LogP contribution in [-0.2, 0) is 23.2 Å². The molecule has 12 nitrogen and oxygen atoms in total. The van der Waals surface area contributed by atoms with Crippen LogP contribution in [0.1, 0.15) is 27.7 Å². The quantitative estimate of drug-likeness (QED) is 0.434. The highest BCUT2D eigenvalue weighted by Gasteiger charge is 2.38. The SMILES string of the molecule is Cn1cc(C(C(=O)NCc2ccccc2)N2CCN(C(=O)c3cn[nH]c3)CC2)nn1.O=C(O)C(F)(F)F. The molecule has 1 fully saturated rings. The van der Waals surface area contributed by atoms with Crippen molar-refractivity contribution in [3.05, 3.63) is 65.7 Å². The molecule has 2 amide bonds. The number of aryl methyl sites for hydroxylation is 1. The number of nitrogens with zero attached hydrogens (tertiary/aromatic N) is 6. The van der Waals surface area contributed by atoms with Crippen LogP contribution in [0.4, 0.5) is 13.2 Å². The molecule has 37 heavy (non-hydrogen) atoms. The van der Waals surface area contributed by atoms with E-state index in [4.69, 9.17) is 9.90 Å². The number of halogens is 3. The van der Waals surface area contributed by atoms with Crippen molar-refractivity contribution in [1.29, 1.82) is 0 Å². The maximum atomic E-state index is 13.1. The molecule has 3 heterocycles. The largest absolute Gasteiger partial charge is 0.490 e. The Kier molecular flexibility index (Phi) is 8.95. The molecule has 0 saturated carbocycles. The van der Waals surface area contributed by atoms with Crippen LogP contribution in [0.2, 0.25) is 0 Å². The number of carboxylic acid groups (broad SMARTS) is 1. The zero-order valence-corrected chi connectivity index (χ0v) is 19.7. The Labute approximate surface area is 209 Å². The van der Waals surface area contributed by atoms with Crippen LogP contribution < -0.4 is 5.32 Å². The topological polar surface area (TPSA) is 149 Å². The van der Waals surface area contributed by atoms with Crippen LogP contribution in [0.5, 0.6) is 0 Å². The summed E-state index contributed by atoms with van der Waals surface area (Å²) in [5.74, 6) is -2.95. The third-order valence-electron chi connectivity index (χ3n) is 5.41. The minimum absolute atomic E-state index is 0.0621. The Bertz CT molecular complexity index is 1180. The summed E-state index contributed by atoms with van der Waals surface area (Å²) < 4.78 is 33.3. The van der Waals surface area contributed by atoms with Crippen molar-refractivity contribution in [2.24, 2.45) is 7.05 Å². The zero-order valence-electron chi connectivity index (χ0n) is 19.7. The number of aromatic amines is 1. The fourth-order valence-corrected chi connectivity index (χ4v) is 3.59. The number of nitrogens with one attached hydrogen (secondary N) is 2. The highest BCUT2D eigenvalue weighted by atomic mass is 19.4. The third-order valence-corrected chi connectivity index (χ3v) is 5.41. The van der Waals surface area contributed by atoms with Crippen molar-refractivity contribution in [2.75, 3.05) is 26.2 Å². The normalized spacial score (nSPS) is 14.9. The number of H-pyrrole nitrogens is 1. The summed E-state index contributed by atoms with van der Waals surface area (Å²) in [7, 11) is 1.77. The second kappa shape index (κ2) is 12.1. The number of carbonyl (C=O) groups excluding carboxylic acids is 2. The molecule has 0 aliphatic carbocycles. The van der Waals surface area contributed by atoms with Gasteiger partial charge >= 0.3 is 12.1 Å². The fraction of sp³-hybridized carbons (Fsp3) is 0.364. The number of piperazine rings is 1. The van der Waals surface area contributed by atoms with Gasteiger partial charge < -0.3 is 15.3 Å². The minimum atomic E-state index is -5.08. The van der Waals surface area contributed by atoms with Crippen LogP contribution >= 0.6 is 0 Å². The first kappa shape index (κ1) is 27.3. The van der Waals surface area contributed by atoms with Crippen molar-refractivity contribution < 1.29 is 32.7 Å². The first-order valence-corrected chi connectivity index (χ1v) is 11.1. The summed E-state index contributed by atoms with van der Waals surface area (Å²) in [5.41, 5.74) is 2.16. The van der Waals surface area contributed by atoms with Gasteiger partial charge in [-0.2, -0.15) is 18.3 Å². The number of benzene rings is 1. The van der Waals surface area contributed by atoms with Crippen LogP contribution in [0.25, 0.3) is 0 Å². The van der Waals surface area contributed by atoms with Gasteiger partial charge in [0, 0.05) is 46.0 Å². The number of rotatable bonds is 6. The van der Waals surface area contributed by atoms with Crippen molar-refractivity contribution in [2.45, 2.75) is 18.8 Å². The van der Waals surface area contributed by atoms with Gasteiger partial charge in [-0.1, -0.05) is 35.5 Å². The number of aliphatic carboxylic acids is 1. The summed E-state index contributed by atoms with van der Waals surface area (Å²) in [4.78, 5) is 38.4. The summed E-state index contributed by atoms with van der Waals surface area (Å²) >= 11 is 0. The van der Waals surface area contributed by atoms with E-state index >= 15 is 0 Å². The van der Waals surface area contributed by atoms with Crippen molar-refractivity contribution in [3.8, 4) is 0 Å². The lowest BCUT2D eigenvalue weighted by atomic mass is 10.1. The molecule has 2 aromatic heterocycles. The van der Waals surface area contributed by atoms with E-state index in [9.17, 15) is 22.8 Å². The molecule has 1 atom stereocenters. The van der Waals surface area contributed by atoms with E-state index in [1.54, 1.807) is 29.0 Å². The van der Waals surface area contributed by atoms with E-state index in [2.05, 4.69) is 25.8 Å². The Morgan fingerprint density at radius 1 is 1.14 bits per heavy atom. The second-order valence-electron chi connectivity index (χ2n) is 8.04. The van der Waals surface area contributed by atoms with Crippen molar-refractivity contribution in [3.63, 3.8) is 0 Å². The molecule has 1 aromatic carbocycles. The van der Waals surface area contributed by atoms with E-state index < -0.39 is 18.2 Å². The molecule has 0 spiro atoms. The number of alkyl halides is 3. The second-order valence-corrected chi connectivity index (χ2v) is 8.04. The molecule has 3 N–H and O–H groups in total. The Balaban J connectivity index is 0.000000479. The molecule has 1 unspecified atom stereocenters. The number of carbonyl (C=O) groups is 3. The number of amides is 2. The van der Waals surface area contributed by atoms with Gasteiger partial charge in [0.2, 0.25) is 5.91 Å². The molecule has 198 valence electrons. The van der Waals surface area contributed by atoms with Gasteiger partial charge in [0.05, 0.1) is 18.0 Å². The van der Waals surface area contributed by atoms with Gasteiger partial charge in [-0.25, -0.2) is 4.79 Å². The van der Waals surface area contributed by atoms with E-state index in [0.29, 0.717) is 44.0 Å². The highest BCUT2D eigenvalue weighted by Crippen LogP contribution is 2.21. The number of aromatic nitrogens is 5. The van der Waals surface area contributed by atoms with Gasteiger partial charge in [-0.3, -0.25) is 24.3 Å². The monoisotopic (exact) mass is 522 g/mol. The molecule has 1 aliphatic rings. The summed E-state index contributed by atoms with van der Waals surface area (Å²) in [5, 5.41) is 24.8. The molecule has 4 rings (SSSR count). The van der Waals surface area contributed by atoms with Gasteiger partial charge in [0.25, 0.3) is 5.91 Å². The van der Waals surface area contributed by atoms with Crippen LogP contribution in [0, 0.1) is 0 Å². The Hall–Kier alpha value is -4.27. The lowest BCUT2D eigenvalue weighted by Gasteiger charge is -2.37. The average molecular weight is 522 g/mol. The molecular formula is C22H25F3N8O4. The van der Waals surface area contributed by atoms with Crippen LogP contribution in [0.15, 0.2) is 48.9 Å². The van der Waals surface area contributed by atoms with E-state index in [1.165, 1.54) is 6.20 Å². The first-order chi connectivity index (χ1) is 17.6. The lowest BCUT2D eigenvalue weighted by molar-refractivity contribution is -0.192. The smallest absolute Gasteiger partial charge is 0.475 e. The summed E-state index contributed by atoms with van der Waals surface area (Å²) in [6.45, 7) is 2.60. The average Bonchev–Trinajstić information content (AvgIpc) is 3.56. The number of carboxylic acids is 1. The molecule has 0 radical (unpaired) electrons. The molecule has 1 aliphatic heterocycles. The zero-order chi connectivity index (χ0) is 27.0. The van der Waals surface area contributed by atoms with Crippen molar-refractivity contribution >= 4 is 17.8 Å². The maximum Gasteiger partial charge on any atom is 0.490 e. The molecule has 0 bridgehead atoms. The summed E-state index contributed by atoms with van der Waals surface area (Å²) in [6, 6.07) is 9.21.